The van der Waals surface area contributed by atoms with Gasteiger partial charge in [-0.15, -0.1) is 11.8 Å². The van der Waals surface area contributed by atoms with Crippen LogP contribution >= 0.6 is 11.8 Å². The van der Waals surface area contributed by atoms with E-state index >= 15 is 0 Å². The van der Waals surface area contributed by atoms with Gasteiger partial charge in [-0.25, -0.2) is 0 Å². The molecule has 0 saturated heterocycles. The number of hydrogen-bond donors (Lipinski definition) is 2. The number of carbonyl (C=O) groups is 2. The molecule has 7 heteroatoms. The fraction of sp³-hybridized carbons (Fsp3) is 0.458. The average molecular weight is 440 g/mol. The van der Waals surface area contributed by atoms with Crippen molar-refractivity contribution in [2.24, 2.45) is 11.8 Å². The fourth-order valence-corrected chi connectivity index (χ4v) is 5.04. The summed E-state index contributed by atoms with van der Waals surface area (Å²) in [7, 11) is 0. The van der Waals surface area contributed by atoms with Gasteiger partial charge in [-0.05, 0) is 55.0 Å². The summed E-state index contributed by atoms with van der Waals surface area (Å²) in [4.78, 5) is 25.5. The summed E-state index contributed by atoms with van der Waals surface area (Å²) in [5.74, 6) is 2.03. The molecule has 31 heavy (non-hydrogen) atoms. The maximum Gasteiger partial charge on any atom is 0.224 e. The number of nitrogens with zero attached hydrogens (tertiary/aromatic N) is 1. The lowest BCUT2D eigenvalue weighted by Gasteiger charge is -2.30. The van der Waals surface area contributed by atoms with Crippen LogP contribution in [0.4, 0.5) is 0 Å². The van der Waals surface area contributed by atoms with E-state index in [4.69, 9.17) is 9.68 Å². The van der Waals surface area contributed by atoms with E-state index in [9.17, 15) is 9.59 Å². The Morgan fingerprint density at radius 2 is 1.94 bits per heavy atom. The molecule has 0 aliphatic heterocycles. The summed E-state index contributed by atoms with van der Waals surface area (Å²) in [5, 5.41) is 14.3. The van der Waals surface area contributed by atoms with Crippen molar-refractivity contribution in [3.63, 3.8) is 0 Å². The zero-order valence-corrected chi connectivity index (χ0v) is 18.5. The van der Waals surface area contributed by atoms with Gasteiger partial charge in [0.2, 0.25) is 11.8 Å². The van der Waals surface area contributed by atoms with Gasteiger partial charge in [-0.3, -0.25) is 9.59 Å². The van der Waals surface area contributed by atoms with Crippen molar-refractivity contribution in [3.8, 4) is 6.07 Å². The Balaban J connectivity index is 1.41. The molecule has 1 aromatic carbocycles. The van der Waals surface area contributed by atoms with Crippen molar-refractivity contribution in [3.05, 3.63) is 54.0 Å². The Kier molecular flexibility index (Phi) is 9.04. The Morgan fingerprint density at radius 1 is 1.13 bits per heavy atom. The number of nitrogens with one attached hydrogen (secondary N) is 2. The molecule has 2 N–H and O–H groups in total. The van der Waals surface area contributed by atoms with Gasteiger partial charge < -0.3 is 15.1 Å². The summed E-state index contributed by atoms with van der Waals surface area (Å²) < 4.78 is 5.21. The van der Waals surface area contributed by atoms with E-state index in [0.29, 0.717) is 25.3 Å². The third kappa shape index (κ3) is 7.48. The minimum absolute atomic E-state index is 0.00728. The van der Waals surface area contributed by atoms with E-state index in [2.05, 4.69) is 34.9 Å². The van der Waals surface area contributed by atoms with Crippen molar-refractivity contribution in [2.45, 2.75) is 50.0 Å². The van der Waals surface area contributed by atoms with Gasteiger partial charge in [0, 0.05) is 23.0 Å². The molecule has 0 bridgehead atoms. The van der Waals surface area contributed by atoms with Crippen molar-refractivity contribution < 1.29 is 14.0 Å². The van der Waals surface area contributed by atoms with Crippen LogP contribution in [0.1, 0.15) is 43.4 Å². The van der Waals surface area contributed by atoms with Crippen LogP contribution in [-0.4, -0.2) is 24.1 Å². The fourth-order valence-electron chi connectivity index (χ4n) is 3.91. The minimum atomic E-state index is 0.00728. The van der Waals surface area contributed by atoms with Crippen molar-refractivity contribution in [1.29, 1.82) is 5.26 Å². The first kappa shape index (κ1) is 23.0. The second kappa shape index (κ2) is 12.2. The van der Waals surface area contributed by atoms with Crippen LogP contribution in [0.25, 0.3) is 0 Å². The normalized spacial score (nSPS) is 18.2. The van der Waals surface area contributed by atoms with E-state index < -0.39 is 0 Å². The molecule has 3 rings (SSSR count). The molecular weight excluding hydrogens is 410 g/mol. The van der Waals surface area contributed by atoms with Crippen molar-refractivity contribution >= 4 is 23.6 Å². The lowest BCUT2D eigenvalue weighted by atomic mass is 9.80. The Morgan fingerprint density at radius 3 is 2.68 bits per heavy atom. The summed E-state index contributed by atoms with van der Waals surface area (Å²) in [6.45, 7) is 0.496. The van der Waals surface area contributed by atoms with Gasteiger partial charge in [0.05, 0.1) is 18.9 Å². The molecule has 2 atom stereocenters. The molecule has 1 fully saturated rings. The number of nitriles is 1. The molecule has 0 radical (unpaired) electrons. The number of aryl methyl sites for hydroxylation is 1. The number of hydrogen-bond acceptors (Lipinski definition) is 5. The number of amides is 2. The number of furan rings is 1. The van der Waals surface area contributed by atoms with Crippen LogP contribution in [0.5, 0.6) is 0 Å². The number of benzene rings is 1. The molecule has 2 amide bonds. The minimum Gasteiger partial charge on any atom is -0.467 e. The molecule has 164 valence electrons. The summed E-state index contributed by atoms with van der Waals surface area (Å²) in [6.07, 6.45) is 6.93. The maximum absolute atomic E-state index is 12.4. The predicted octanol–water partition coefficient (Wildman–Crippen LogP) is 4.07. The third-order valence-electron chi connectivity index (χ3n) is 5.66. The number of rotatable bonds is 10. The molecule has 0 unspecified atom stereocenters. The predicted molar refractivity (Wildman–Crippen MR) is 120 cm³/mol. The SMILES string of the molecule is N#CCNC(=O)[C@@H]1CCCC[C@H]1CSc1ccc(CCC(=O)NCc2ccco2)cc1. The smallest absolute Gasteiger partial charge is 0.224 e. The Bertz CT molecular complexity index is 874. The van der Waals surface area contributed by atoms with Crippen LogP contribution in [0.15, 0.2) is 52.0 Å². The molecule has 1 heterocycles. The van der Waals surface area contributed by atoms with E-state index in [1.54, 1.807) is 24.1 Å². The second-order valence-corrected chi connectivity index (χ2v) is 8.93. The molecule has 1 aliphatic rings. The topological polar surface area (TPSA) is 95.1 Å². The van der Waals surface area contributed by atoms with Crippen LogP contribution in [0.2, 0.25) is 0 Å². The van der Waals surface area contributed by atoms with Gasteiger partial charge in [0.1, 0.15) is 12.3 Å². The summed E-state index contributed by atoms with van der Waals surface area (Å²) in [6, 6.07) is 13.9. The van der Waals surface area contributed by atoms with Crippen molar-refractivity contribution in [1.82, 2.24) is 10.6 Å². The highest BCUT2D eigenvalue weighted by Gasteiger charge is 2.30. The maximum atomic E-state index is 12.4. The zero-order valence-electron chi connectivity index (χ0n) is 17.6. The van der Waals surface area contributed by atoms with Crippen LogP contribution in [-0.2, 0) is 22.6 Å². The molecule has 1 aromatic heterocycles. The van der Waals surface area contributed by atoms with Crippen LogP contribution in [0, 0.1) is 23.2 Å². The number of thioether (sulfide) groups is 1. The van der Waals surface area contributed by atoms with E-state index in [1.165, 1.54) is 4.90 Å². The van der Waals surface area contributed by atoms with E-state index in [0.717, 1.165) is 42.8 Å². The highest BCUT2D eigenvalue weighted by molar-refractivity contribution is 7.99. The van der Waals surface area contributed by atoms with Crippen LogP contribution < -0.4 is 10.6 Å². The summed E-state index contributed by atoms with van der Waals surface area (Å²) >= 11 is 1.78. The lowest BCUT2D eigenvalue weighted by Crippen LogP contribution is -2.37. The standard InChI is InChI=1S/C24H29N3O3S/c25-13-14-26-24(29)22-6-2-1-4-19(22)17-31-21-10-7-18(8-11-21)9-12-23(28)27-16-20-5-3-15-30-20/h3,5,7-8,10-11,15,19,22H,1-2,4,6,9,12,14,16-17H2,(H,26,29)(H,27,28)/t19-,22+/m0/s1. The quantitative estimate of drug-likeness (QED) is 0.430. The first-order chi connectivity index (χ1) is 15.2. The highest BCUT2D eigenvalue weighted by Crippen LogP contribution is 2.34. The largest absolute Gasteiger partial charge is 0.467 e. The van der Waals surface area contributed by atoms with Crippen molar-refractivity contribution in [2.75, 3.05) is 12.3 Å². The highest BCUT2D eigenvalue weighted by atomic mass is 32.2. The monoisotopic (exact) mass is 439 g/mol. The van der Waals surface area contributed by atoms with Crippen LogP contribution in [0.3, 0.4) is 0 Å². The van der Waals surface area contributed by atoms with Gasteiger partial charge in [0.25, 0.3) is 0 Å². The van der Waals surface area contributed by atoms with E-state index in [1.807, 2.05) is 12.1 Å². The third-order valence-corrected chi connectivity index (χ3v) is 6.86. The first-order valence-electron chi connectivity index (χ1n) is 10.8. The Hall–Kier alpha value is -2.72. The molecule has 0 spiro atoms. The zero-order chi connectivity index (χ0) is 21.9. The van der Waals surface area contributed by atoms with Gasteiger partial charge in [-0.2, -0.15) is 5.26 Å². The molecule has 1 aliphatic carbocycles. The number of carbonyl (C=O) groups excluding carboxylic acids is 2. The Labute approximate surface area is 187 Å². The molecule has 6 nitrogen and oxygen atoms in total. The van der Waals surface area contributed by atoms with Gasteiger partial charge >= 0.3 is 0 Å². The molecular formula is C24H29N3O3S. The van der Waals surface area contributed by atoms with Gasteiger partial charge in [0.15, 0.2) is 0 Å². The molecule has 2 aromatic rings. The summed E-state index contributed by atoms with van der Waals surface area (Å²) in [5.41, 5.74) is 1.13. The lowest BCUT2D eigenvalue weighted by molar-refractivity contribution is -0.127. The molecule has 1 saturated carbocycles. The first-order valence-corrected chi connectivity index (χ1v) is 11.8. The van der Waals surface area contributed by atoms with Gasteiger partial charge in [-0.1, -0.05) is 25.0 Å². The average Bonchev–Trinajstić information content (AvgIpc) is 3.33. The van der Waals surface area contributed by atoms with E-state index in [-0.39, 0.29) is 24.3 Å². The second-order valence-electron chi connectivity index (χ2n) is 7.84.